The summed E-state index contributed by atoms with van der Waals surface area (Å²) in [5, 5.41) is 8.95. The Balaban J connectivity index is 2.02. The molecule has 1 aromatic rings. The maximum Gasteiger partial charge on any atom is 0.260 e. The van der Waals surface area contributed by atoms with Gasteiger partial charge in [-0.15, -0.1) is 0 Å². The molecular formula is C18H22N2O4. The molecule has 0 aliphatic heterocycles. The molecule has 1 aliphatic carbocycles. The molecule has 1 saturated carbocycles. The maximum atomic E-state index is 12.4. The van der Waals surface area contributed by atoms with E-state index >= 15 is 0 Å². The highest BCUT2D eigenvalue weighted by atomic mass is 16.5. The van der Waals surface area contributed by atoms with Gasteiger partial charge in [0.05, 0.1) is 19.1 Å². The minimum Gasteiger partial charge on any atom is -0.493 e. The van der Waals surface area contributed by atoms with Crippen LogP contribution < -0.4 is 9.47 Å². The molecule has 1 aromatic carbocycles. The second kappa shape index (κ2) is 7.82. The normalized spacial score (nSPS) is 14.4. The van der Waals surface area contributed by atoms with E-state index < -0.39 is 0 Å². The topological polar surface area (TPSA) is 79.6 Å². The first kappa shape index (κ1) is 17.8. The Morgan fingerprint density at radius 3 is 2.62 bits per heavy atom. The van der Waals surface area contributed by atoms with Crippen molar-refractivity contribution in [3.63, 3.8) is 0 Å². The Morgan fingerprint density at radius 1 is 1.38 bits per heavy atom. The number of amides is 1. The van der Waals surface area contributed by atoms with Gasteiger partial charge in [-0.2, -0.15) is 5.26 Å². The summed E-state index contributed by atoms with van der Waals surface area (Å²) >= 11 is 0. The minimum atomic E-state index is -0.209. The van der Waals surface area contributed by atoms with E-state index in [1.165, 1.54) is 14.0 Å². The third-order valence-electron chi connectivity index (χ3n) is 3.92. The third kappa shape index (κ3) is 4.48. The predicted octanol–water partition coefficient (Wildman–Crippen LogP) is 2.43. The number of ketones is 1. The fraction of sp³-hybridized carbons (Fsp3) is 0.500. The number of ether oxygens (including phenoxy) is 2. The first-order valence-corrected chi connectivity index (χ1v) is 7.97. The van der Waals surface area contributed by atoms with Gasteiger partial charge in [0.1, 0.15) is 0 Å². The van der Waals surface area contributed by atoms with Crippen molar-refractivity contribution in [3.05, 3.63) is 23.8 Å². The summed E-state index contributed by atoms with van der Waals surface area (Å²) < 4.78 is 10.8. The van der Waals surface area contributed by atoms with Gasteiger partial charge in [0.2, 0.25) is 0 Å². The minimum absolute atomic E-state index is 0.0682. The first-order valence-electron chi connectivity index (χ1n) is 7.97. The van der Waals surface area contributed by atoms with E-state index in [2.05, 4.69) is 6.07 Å². The lowest BCUT2D eigenvalue weighted by Gasteiger charge is -2.23. The number of hydrogen-bond acceptors (Lipinski definition) is 5. The van der Waals surface area contributed by atoms with E-state index in [0.717, 1.165) is 12.8 Å². The molecule has 0 bridgehead atoms. The molecule has 24 heavy (non-hydrogen) atoms. The molecule has 6 heteroatoms. The Labute approximate surface area is 142 Å². The van der Waals surface area contributed by atoms with Crippen LogP contribution in [0.3, 0.4) is 0 Å². The summed E-state index contributed by atoms with van der Waals surface area (Å²) in [5.74, 6) is 0.413. The zero-order valence-corrected chi connectivity index (χ0v) is 14.2. The van der Waals surface area contributed by atoms with Crippen molar-refractivity contribution < 1.29 is 19.1 Å². The molecule has 1 fully saturated rings. The van der Waals surface area contributed by atoms with E-state index in [0.29, 0.717) is 23.6 Å². The van der Waals surface area contributed by atoms with Crippen molar-refractivity contribution in [2.45, 2.75) is 32.7 Å². The van der Waals surface area contributed by atoms with Gasteiger partial charge in [-0.1, -0.05) is 0 Å². The van der Waals surface area contributed by atoms with E-state index in [4.69, 9.17) is 14.7 Å². The molecule has 0 heterocycles. The van der Waals surface area contributed by atoms with Crippen LogP contribution in [0.15, 0.2) is 18.2 Å². The first-order chi connectivity index (χ1) is 11.5. The van der Waals surface area contributed by atoms with Gasteiger partial charge in [-0.05, 0) is 44.9 Å². The second-order valence-electron chi connectivity index (χ2n) is 6.02. The lowest BCUT2D eigenvalue weighted by atomic mass is 10.1. The average Bonchev–Trinajstić information content (AvgIpc) is 3.41. The predicted molar refractivity (Wildman–Crippen MR) is 88.0 cm³/mol. The molecular weight excluding hydrogens is 308 g/mol. The maximum absolute atomic E-state index is 12.4. The van der Waals surface area contributed by atoms with Crippen LogP contribution in [0.2, 0.25) is 0 Å². The van der Waals surface area contributed by atoms with Gasteiger partial charge in [0.15, 0.2) is 23.9 Å². The van der Waals surface area contributed by atoms with Crippen molar-refractivity contribution in [2.24, 2.45) is 5.92 Å². The zero-order valence-electron chi connectivity index (χ0n) is 14.2. The smallest absolute Gasteiger partial charge is 0.260 e. The zero-order chi connectivity index (χ0) is 17.7. The van der Waals surface area contributed by atoms with Crippen molar-refractivity contribution in [1.82, 2.24) is 4.90 Å². The molecule has 1 aliphatic rings. The number of rotatable bonds is 8. The molecule has 0 unspecified atom stereocenters. The summed E-state index contributed by atoms with van der Waals surface area (Å²) in [6.07, 6.45) is 1.95. The van der Waals surface area contributed by atoms with E-state index in [-0.39, 0.29) is 30.3 Å². The van der Waals surface area contributed by atoms with Gasteiger partial charge in [0.25, 0.3) is 5.91 Å². The van der Waals surface area contributed by atoms with Crippen molar-refractivity contribution >= 4 is 11.7 Å². The number of methoxy groups -OCH3 is 1. The van der Waals surface area contributed by atoms with Gasteiger partial charge in [-0.3, -0.25) is 9.59 Å². The monoisotopic (exact) mass is 330 g/mol. The summed E-state index contributed by atoms with van der Waals surface area (Å²) in [4.78, 5) is 25.6. The standard InChI is InChI=1S/C18H22N2O4/c1-12(9-19)10-20(15-5-6-15)18(22)11-24-16-7-4-14(13(2)21)8-17(16)23-3/h4,7-8,12,15H,5-6,10-11H2,1-3H3/t12-/m0/s1. The number of hydrogen-bond donors (Lipinski definition) is 0. The SMILES string of the molecule is COc1cc(C(C)=O)ccc1OCC(=O)N(C[C@@H](C)C#N)C1CC1. The quantitative estimate of drug-likeness (QED) is 0.684. The van der Waals surface area contributed by atoms with Gasteiger partial charge in [-0.25, -0.2) is 0 Å². The highest BCUT2D eigenvalue weighted by Crippen LogP contribution is 2.30. The Morgan fingerprint density at radius 2 is 2.08 bits per heavy atom. The molecule has 0 aromatic heterocycles. The van der Waals surface area contributed by atoms with E-state index in [9.17, 15) is 9.59 Å². The lowest BCUT2D eigenvalue weighted by Crippen LogP contribution is -2.39. The lowest BCUT2D eigenvalue weighted by molar-refractivity contribution is -0.134. The fourth-order valence-corrected chi connectivity index (χ4v) is 2.40. The van der Waals surface area contributed by atoms with Crippen LogP contribution in [-0.2, 0) is 4.79 Å². The molecule has 2 rings (SSSR count). The Kier molecular flexibility index (Phi) is 5.80. The molecule has 1 atom stereocenters. The van der Waals surface area contributed by atoms with Gasteiger partial charge in [0, 0.05) is 18.2 Å². The van der Waals surface area contributed by atoms with Crippen LogP contribution in [0.25, 0.3) is 0 Å². The summed E-state index contributed by atoms with van der Waals surface area (Å²) in [5.41, 5.74) is 0.521. The Bertz CT molecular complexity index is 661. The summed E-state index contributed by atoms with van der Waals surface area (Å²) in [6.45, 7) is 3.57. The molecule has 1 amide bonds. The largest absolute Gasteiger partial charge is 0.493 e. The number of carbonyl (C=O) groups excluding carboxylic acids is 2. The van der Waals surface area contributed by atoms with E-state index in [1.54, 1.807) is 30.0 Å². The van der Waals surface area contributed by atoms with Crippen LogP contribution in [-0.4, -0.2) is 42.9 Å². The highest BCUT2D eigenvalue weighted by molar-refractivity contribution is 5.94. The number of carbonyl (C=O) groups is 2. The fourth-order valence-electron chi connectivity index (χ4n) is 2.40. The summed E-state index contributed by atoms with van der Waals surface area (Å²) in [6, 6.07) is 7.24. The number of Topliss-reactive ketones (excluding diaryl/α,β-unsaturated/α-hetero) is 1. The molecule has 128 valence electrons. The van der Waals surface area contributed by atoms with Crippen LogP contribution >= 0.6 is 0 Å². The third-order valence-corrected chi connectivity index (χ3v) is 3.92. The average molecular weight is 330 g/mol. The molecule has 0 saturated heterocycles. The van der Waals surface area contributed by atoms with Gasteiger partial charge >= 0.3 is 0 Å². The van der Waals surface area contributed by atoms with E-state index in [1.807, 2.05) is 0 Å². The van der Waals surface area contributed by atoms with Gasteiger partial charge < -0.3 is 14.4 Å². The number of nitrogens with zero attached hydrogens (tertiary/aromatic N) is 2. The van der Waals surface area contributed by atoms with Crippen molar-refractivity contribution in [3.8, 4) is 17.6 Å². The molecule has 6 nitrogen and oxygen atoms in total. The summed E-state index contributed by atoms with van der Waals surface area (Å²) in [7, 11) is 1.49. The van der Waals surface area contributed by atoms with Crippen LogP contribution in [0.1, 0.15) is 37.0 Å². The number of benzene rings is 1. The highest BCUT2D eigenvalue weighted by Gasteiger charge is 2.33. The second-order valence-corrected chi connectivity index (χ2v) is 6.02. The van der Waals surface area contributed by atoms with Crippen LogP contribution in [0.5, 0.6) is 11.5 Å². The molecule has 0 radical (unpaired) electrons. The Hall–Kier alpha value is -2.55. The number of nitriles is 1. The molecule has 0 N–H and O–H groups in total. The van der Waals surface area contributed by atoms with Crippen molar-refractivity contribution in [2.75, 3.05) is 20.3 Å². The molecule has 0 spiro atoms. The van der Waals surface area contributed by atoms with Crippen molar-refractivity contribution in [1.29, 1.82) is 5.26 Å². The van der Waals surface area contributed by atoms with Crippen LogP contribution in [0, 0.1) is 17.2 Å². The van der Waals surface area contributed by atoms with Crippen LogP contribution in [0.4, 0.5) is 0 Å².